The second-order valence-electron chi connectivity index (χ2n) is 3.38. The number of benzene rings is 1. The number of nitro benzene ring substituents is 1. The van der Waals surface area contributed by atoms with Crippen LogP contribution in [0.4, 0.5) is 23.1 Å². The molecule has 1 aromatic carbocycles. The van der Waals surface area contributed by atoms with E-state index in [-0.39, 0.29) is 17.4 Å². The van der Waals surface area contributed by atoms with E-state index in [1.165, 1.54) is 24.3 Å². The van der Waals surface area contributed by atoms with Crippen LogP contribution in [0, 0.1) is 10.1 Å². The van der Waals surface area contributed by atoms with E-state index in [0.717, 1.165) is 0 Å². The summed E-state index contributed by atoms with van der Waals surface area (Å²) < 4.78 is 5.27. The van der Waals surface area contributed by atoms with Crippen LogP contribution in [0.15, 0.2) is 33.5 Å². The van der Waals surface area contributed by atoms with Crippen LogP contribution >= 0.6 is 0 Å². The minimum absolute atomic E-state index is 0.0501. The number of rotatable bonds is 3. The summed E-state index contributed by atoms with van der Waals surface area (Å²) in [7, 11) is 0. The predicted octanol–water partition coefficient (Wildman–Crippen LogP) is 0.389. The van der Waals surface area contributed by atoms with Crippen LogP contribution in [-0.4, -0.2) is 9.60 Å². The smallest absolute Gasteiger partial charge is 0.388 e. The molecule has 0 bridgehead atoms. The van der Waals surface area contributed by atoms with Crippen molar-refractivity contribution in [1.29, 1.82) is 0 Å². The molecule has 18 heavy (non-hydrogen) atoms. The normalized spacial score (nSPS) is 10.2. The molecule has 1 heterocycles. The molecule has 0 fully saturated rings. The van der Waals surface area contributed by atoms with Crippen LogP contribution in [0.2, 0.25) is 0 Å². The van der Waals surface area contributed by atoms with Crippen LogP contribution in [-0.2, 0) is 0 Å². The first-order valence-electron chi connectivity index (χ1n) is 4.77. The number of aromatic nitrogens is 1. The van der Waals surface area contributed by atoms with Gasteiger partial charge in [-0.15, -0.1) is 0 Å². The lowest BCUT2D eigenvalue weighted by Crippen LogP contribution is -2.23. The van der Waals surface area contributed by atoms with Crippen molar-refractivity contribution in [1.82, 2.24) is 4.68 Å². The Kier molecular flexibility index (Phi) is 2.64. The summed E-state index contributed by atoms with van der Waals surface area (Å²) >= 11 is 0. The Balaban J connectivity index is 2.29. The summed E-state index contributed by atoms with van der Waals surface area (Å²) in [5, 5.41) is 13.2. The SMILES string of the molecule is Nc1oc(=O)n(N)c1Nc1ccc([N+](=O)[O-])cc1. The molecule has 0 atom stereocenters. The Labute approximate surface area is 99.7 Å². The zero-order chi connectivity index (χ0) is 13.3. The van der Waals surface area contributed by atoms with Gasteiger partial charge in [0.25, 0.3) is 5.69 Å². The van der Waals surface area contributed by atoms with Crippen LogP contribution in [0.1, 0.15) is 0 Å². The summed E-state index contributed by atoms with van der Waals surface area (Å²) in [6.07, 6.45) is 0. The van der Waals surface area contributed by atoms with E-state index in [1.54, 1.807) is 0 Å². The van der Waals surface area contributed by atoms with Crippen molar-refractivity contribution in [3.05, 3.63) is 44.9 Å². The van der Waals surface area contributed by atoms with Gasteiger partial charge in [0.2, 0.25) is 5.88 Å². The van der Waals surface area contributed by atoms with E-state index < -0.39 is 10.7 Å². The highest BCUT2D eigenvalue weighted by atomic mass is 16.6. The maximum atomic E-state index is 11.1. The molecule has 0 spiro atoms. The first-order valence-corrected chi connectivity index (χ1v) is 4.77. The molecule has 0 unspecified atom stereocenters. The second-order valence-corrected chi connectivity index (χ2v) is 3.38. The molecule has 0 amide bonds. The van der Waals surface area contributed by atoms with Crippen molar-refractivity contribution >= 4 is 23.1 Å². The van der Waals surface area contributed by atoms with Gasteiger partial charge in [0.05, 0.1) is 4.92 Å². The zero-order valence-electron chi connectivity index (χ0n) is 8.99. The minimum Gasteiger partial charge on any atom is -0.388 e. The van der Waals surface area contributed by atoms with Gasteiger partial charge >= 0.3 is 5.76 Å². The highest BCUT2D eigenvalue weighted by Gasteiger charge is 2.12. The molecule has 5 N–H and O–H groups in total. The van der Waals surface area contributed by atoms with Crippen LogP contribution in [0.5, 0.6) is 0 Å². The third-order valence-corrected chi connectivity index (χ3v) is 2.21. The van der Waals surface area contributed by atoms with E-state index in [2.05, 4.69) is 9.73 Å². The minimum atomic E-state index is -0.808. The molecule has 1 aromatic heterocycles. The Morgan fingerprint density at radius 3 is 2.39 bits per heavy atom. The number of nitrogens with zero attached hydrogens (tertiary/aromatic N) is 2. The first-order chi connectivity index (χ1) is 8.49. The summed E-state index contributed by atoms with van der Waals surface area (Å²) in [5.74, 6) is 4.49. The number of non-ortho nitro benzene ring substituents is 1. The van der Waals surface area contributed by atoms with Gasteiger partial charge in [-0.05, 0) is 12.1 Å². The number of oxazole rings is 1. The van der Waals surface area contributed by atoms with Gasteiger partial charge in [-0.25, -0.2) is 4.79 Å². The highest BCUT2D eigenvalue weighted by Crippen LogP contribution is 2.22. The van der Waals surface area contributed by atoms with Gasteiger partial charge in [0, 0.05) is 17.8 Å². The Morgan fingerprint density at radius 1 is 1.33 bits per heavy atom. The predicted molar refractivity (Wildman–Crippen MR) is 63.9 cm³/mol. The van der Waals surface area contributed by atoms with Crippen LogP contribution in [0.25, 0.3) is 0 Å². The molecule has 2 aromatic rings. The summed E-state index contributed by atoms with van der Waals surface area (Å²) in [6, 6.07) is 5.51. The molecule has 0 aliphatic heterocycles. The first kappa shape index (κ1) is 11.5. The number of hydrogen-bond donors (Lipinski definition) is 3. The monoisotopic (exact) mass is 251 g/mol. The number of nitrogens with one attached hydrogen (secondary N) is 1. The summed E-state index contributed by atoms with van der Waals surface area (Å²) in [5.41, 5.74) is 5.86. The average molecular weight is 251 g/mol. The quantitative estimate of drug-likeness (QED) is 0.406. The van der Waals surface area contributed by atoms with Gasteiger partial charge in [-0.2, -0.15) is 4.68 Å². The molecule has 0 aliphatic carbocycles. The van der Waals surface area contributed by atoms with E-state index in [1.807, 2.05) is 0 Å². The molecule has 9 heteroatoms. The Bertz CT molecular complexity index is 642. The van der Waals surface area contributed by atoms with E-state index in [0.29, 0.717) is 10.4 Å². The largest absolute Gasteiger partial charge is 0.441 e. The number of anilines is 3. The van der Waals surface area contributed by atoms with Crippen molar-refractivity contribution in [3.8, 4) is 0 Å². The fourth-order valence-electron chi connectivity index (χ4n) is 1.33. The molecule has 94 valence electrons. The van der Waals surface area contributed by atoms with Crippen LogP contribution in [0.3, 0.4) is 0 Å². The third-order valence-electron chi connectivity index (χ3n) is 2.21. The van der Waals surface area contributed by atoms with E-state index >= 15 is 0 Å². The lowest BCUT2D eigenvalue weighted by Gasteiger charge is -2.05. The molecular weight excluding hydrogens is 242 g/mol. The Hall–Kier alpha value is -2.97. The summed E-state index contributed by atoms with van der Waals surface area (Å²) in [4.78, 5) is 21.0. The van der Waals surface area contributed by atoms with Crippen molar-refractivity contribution in [2.45, 2.75) is 0 Å². The molecular formula is C9H9N5O4. The van der Waals surface area contributed by atoms with Crippen LogP contribution < -0.4 is 22.6 Å². The number of hydrogen-bond acceptors (Lipinski definition) is 7. The van der Waals surface area contributed by atoms with Crippen molar-refractivity contribution in [2.75, 3.05) is 16.9 Å². The van der Waals surface area contributed by atoms with Crippen molar-refractivity contribution in [2.24, 2.45) is 0 Å². The molecule has 0 radical (unpaired) electrons. The average Bonchev–Trinajstić information content (AvgIpc) is 2.57. The van der Waals surface area contributed by atoms with E-state index in [9.17, 15) is 14.9 Å². The van der Waals surface area contributed by atoms with Gasteiger partial charge in [-0.1, -0.05) is 0 Å². The third kappa shape index (κ3) is 1.96. The summed E-state index contributed by atoms with van der Waals surface area (Å²) in [6.45, 7) is 0. The fraction of sp³-hybridized carbons (Fsp3) is 0. The van der Waals surface area contributed by atoms with Gasteiger partial charge in [0.15, 0.2) is 5.82 Å². The fourth-order valence-corrected chi connectivity index (χ4v) is 1.33. The second kappa shape index (κ2) is 4.13. The zero-order valence-corrected chi connectivity index (χ0v) is 8.99. The Morgan fingerprint density at radius 2 is 1.94 bits per heavy atom. The molecule has 0 saturated carbocycles. The maximum absolute atomic E-state index is 11.1. The van der Waals surface area contributed by atoms with E-state index in [4.69, 9.17) is 11.6 Å². The lowest BCUT2D eigenvalue weighted by molar-refractivity contribution is -0.384. The molecule has 0 aliphatic rings. The topological polar surface area (TPSA) is 142 Å². The number of nitrogens with two attached hydrogens (primary N) is 2. The molecule has 0 saturated heterocycles. The van der Waals surface area contributed by atoms with Crippen molar-refractivity contribution in [3.63, 3.8) is 0 Å². The maximum Gasteiger partial charge on any atom is 0.441 e. The molecule has 9 nitrogen and oxygen atoms in total. The molecule has 2 rings (SSSR count). The standard InChI is InChI=1S/C9H9N5O4/c10-7-8(13(11)9(15)18-7)12-5-1-3-6(4-2-5)14(16)17/h1-4,12H,10-11H2. The number of nitro groups is 1. The van der Waals surface area contributed by atoms with Gasteiger partial charge in [0.1, 0.15) is 0 Å². The number of nitrogen functional groups attached to an aromatic ring is 2. The lowest BCUT2D eigenvalue weighted by atomic mass is 10.3. The van der Waals surface area contributed by atoms with Crippen molar-refractivity contribution < 1.29 is 9.34 Å². The van der Waals surface area contributed by atoms with Gasteiger partial charge < -0.3 is 21.3 Å². The highest BCUT2D eigenvalue weighted by molar-refractivity contribution is 5.65. The van der Waals surface area contributed by atoms with Gasteiger partial charge in [-0.3, -0.25) is 10.1 Å².